The van der Waals surface area contributed by atoms with Gasteiger partial charge < -0.3 is 9.84 Å². The molecule has 1 aromatic heterocycles. The Balaban J connectivity index is 2.19. The van der Waals surface area contributed by atoms with Crippen LogP contribution in [0.5, 0.6) is 0 Å². The Kier molecular flexibility index (Phi) is 2.71. The highest BCUT2D eigenvalue weighted by molar-refractivity contribution is 7.10. The summed E-state index contributed by atoms with van der Waals surface area (Å²) in [5.74, 6) is -1.15. The average Bonchev–Trinajstić information content (AvgIpc) is 2.82. The lowest BCUT2D eigenvalue weighted by Crippen LogP contribution is -2.11. The maximum atomic E-state index is 11.3. The van der Waals surface area contributed by atoms with Gasteiger partial charge >= 0.3 is 11.9 Å². The van der Waals surface area contributed by atoms with Crippen LogP contribution in [0, 0.1) is 0 Å². The Morgan fingerprint density at radius 3 is 2.75 bits per heavy atom. The summed E-state index contributed by atoms with van der Waals surface area (Å²) < 4.78 is 4.62. The lowest BCUT2D eigenvalue weighted by atomic mass is 10.00. The first kappa shape index (κ1) is 11.1. The van der Waals surface area contributed by atoms with E-state index in [0.29, 0.717) is 5.56 Å². The number of esters is 1. The van der Waals surface area contributed by atoms with Gasteiger partial charge in [0.1, 0.15) is 0 Å². The number of rotatable bonds is 4. The Hall–Kier alpha value is -1.36. The molecule has 0 aliphatic heterocycles. The fourth-order valence-electron chi connectivity index (χ4n) is 1.79. The van der Waals surface area contributed by atoms with Crippen molar-refractivity contribution in [2.24, 2.45) is 0 Å². The van der Waals surface area contributed by atoms with E-state index in [1.54, 1.807) is 11.4 Å². The van der Waals surface area contributed by atoms with Crippen LogP contribution in [0.4, 0.5) is 0 Å². The van der Waals surface area contributed by atoms with Crippen molar-refractivity contribution in [3.8, 4) is 0 Å². The number of carbonyl (C=O) groups is 2. The van der Waals surface area contributed by atoms with E-state index in [0.717, 1.165) is 17.7 Å². The quantitative estimate of drug-likeness (QED) is 0.818. The van der Waals surface area contributed by atoms with Gasteiger partial charge in [0.15, 0.2) is 0 Å². The Morgan fingerprint density at radius 1 is 1.56 bits per heavy atom. The Labute approximate surface area is 96.9 Å². The second kappa shape index (κ2) is 3.90. The fourth-order valence-corrected chi connectivity index (χ4v) is 2.93. The van der Waals surface area contributed by atoms with E-state index < -0.39 is 5.97 Å². The predicted octanol–water partition coefficient (Wildman–Crippen LogP) is 2.04. The summed E-state index contributed by atoms with van der Waals surface area (Å²) in [6.07, 6.45) is 1.93. The molecule has 1 saturated carbocycles. The molecule has 1 fully saturated rings. The van der Waals surface area contributed by atoms with Gasteiger partial charge in [-0.2, -0.15) is 0 Å². The molecule has 0 spiro atoms. The first-order valence-electron chi connectivity index (χ1n) is 4.96. The average molecular weight is 240 g/mol. The first-order valence-corrected chi connectivity index (χ1v) is 5.84. The second-order valence-electron chi connectivity index (χ2n) is 4.04. The zero-order valence-corrected chi connectivity index (χ0v) is 9.67. The number of aliphatic carboxylic acids is 1. The number of methoxy groups -OCH3 is 1. The summed E-state index contributed by atoms with van der Waals surface area (Å²) in [6.45, 7) is 0. The predicted molar refractivity (Wildman–Crippen MR) is 58.8 cm³/mol. The van der Waals surface area contributed by atoms with Crippen molar-refractivity contribution in [2.75, 3.05) is 7.11 Å². The second-order valence-corrected chi connectivity index (χ2v) is 4.95. The van der Waals surface area contributed by atoms with Gasteiger partial charge in [-0.3, -0.25) is 4.79 Å². The van der Waals surface area contributed by atoms with Crippen LogP contribution in [0.25, 0.3) is 0 Å². The molecule has 2 rings (SSSR count). The highest BCUT2D eigenvalue weighted by atomic mass is 32.1. The number of ether oxygens (including phenoxy) is 1. The number of thiophene rings is 1. The molecular weight excluding hydrogens is 228 g/mol. The van der Waals surface area contributed by atoms with Crippen LogP contribution in [-0.4, -0.2) is 24.2 Å². The zero-order valence-electron chi connectivity index (χ0n) is 8.86. The van der Waals surface area contributed by atoms with Crippen molar-refractivity contribution in [3.05, 3.63) is 21.9 Å². The molecular formula is C11H12O4S. The van der Waals surface area contributed by atoms with Crippen LogP contribution in [0.3, 0.4) is 0 Å². The molecule has 0 unspecified atom stereocenters. The topological polar surface area (TPSA) is 63.6 Å². The molecule has 1 heterocycles. The highest BCUT2D eigenvalue weighted by Crippen LogP contribution is 2.53. The van der Waals surface area contributed by atoms with Gasteiger partial charge in [-0.15, -0.1) is 11.3 Å². The van der Waals surface area contributed by atoms with Crippen molar-refractivity contribution < 1.29 is 19.4 Å². The number of carboxylic acid groups (broad SMARTS) is 1. The molecule has 0 bridgehead atoms. The maximum absolute atomic E-state index is 11.3. The molecule has 86 valence electrons. The molecule has 16 heavy (non-hydrogen) atoms. The fraction of sp³-hybridized carbons (Fsp3) is 0.455. The molecule has 1 aromatic rings. The summed E-state index contributed by atoms with van der Waals surface area (Å²) in [6, 6.07) is 1.76. The molecule has 0 atom stereocenters. The molecule has 4 nitrogen and oxygen atoms in total. The molecule has 1 N–H and O–H groups in total. The minimum atomic E-state index is -0.787. The normalized spacial score (nSPS) is 16.8. The lowest BCUT2D eigenvalue weighted by molar-refractivity contribution is -0.137. The molecule has 0 saturated heterocycles. The van der Waals surface area contributed by atoms with Crippen molar-refractivity contribution in [2.45, 2.75) is 24.7 Å². The third kappa shape index (κ3) is 1.95. The molecule has 1 aliphatic rings. The number of carboxylic acids is 1. The summed E-state index contributed by atoms with van der Waals surface area (Å²) >= 11 is 1.44. The minimum Gasteiger partial charge on any atom is -0.481 e. The summed E-state index contributed by atoms with van der Waals surface area (Å²) in [5, 5.41) is 10.6. The summed E-state index contributed by atoms with van der Waals surface area (Å²) in [7, 11) is 1.34. The van der Waals surface area contributed by atoms with Gasteiger partial charge in [0.2, 0.25) is 0 Å². The van der Waals surface area contributed by atoms with Gasteiger partial charge in [0.25, 0.3) is 0 Å². The Morgan fingerprint density at radius 2 is 2.25 bits per heavy atom. The van der Waals surface area contributed by atoms with Crippen LogP contribution in [0.1, 0.15) is 34.5 Å². The van der Waals surface area contributed by atoms with Crippen molar-refractivity contribution >= 4 is 23.3 Å². The monoisotopic (exact) mass is 240 g/mol. The van der Waals surface area contributed by atoms with E-state index >= 15 is 0 Å². The highest BCUT2D eigenvalue weighted by Gasteiger charge is 2.47. The van der Waals surface area contributed by atoms with Crippen LogP contribution in [0.2, 0.25) is 0 Å². The molecule has 0 aromatic carbocycles. The van der Waals surface area contributed by atoms with Gasteiger partial charge in [-0.25, -0.2) is 4.79 Å². The number of carbonyl (C=O) groups excluding carboxylic acids is 1. The van der Waals surface area contributed by atoms with E-state index in [4.69, 9.17) is 5.11 Å². The summed E-state index contributed by atoms with van der Waals surface area (Å²) in [4.78, 5) is 23.0. The van der Waals surface area contributed by atoms with Gasteiger partial charge in [0, 0.05) is 15.7 Å². The van der Waals surface area contributed by atoms with Gasteiger partial charge in [-0.1, -0.05) is 0 Å². The number of hydrogen-bond donors (Lipinski definition) is 1. The molecule has 0 amide bonds. The molecule has 0 radical (unpaired) electrons. The van der Waals surface area contributed by atoms with E-state index in [-0.39, 0.29) is 17.8 Å². The van der Waals surface area contributed by atoms with Crippen LogP contribution < -0.4 is 0 Å². The number of hydrogen-bond acceptors (Lipinski definition) is 4. The standard InChI is InChI=1S/C11H12O4S/c1-15-10(14)7-4-8(16-6-7)11(2-3-11)5-9(12)13/h4,6H,2-3,5H2,1H3,(H,12,13). The smallest absolute Gasteiger partial charge is 0.338 e. The maximum Gasteiger partial charge on any atom is 0.338 e. The molecule has 5 heteroatoms. The van der Waals surface area contributed by atoms with Crippen molar-refractivity contribution in [1.29, 1.82) is 0 Å². The van der Waals surface area contributed by atoms with Gasteiger partial charge in [-0.05, 0) is 18.9 Å². The molecule has 1 aliphatic carbocycles. The van der Waals surface area contributed by atoms with E-state index in [9.17, 15) is 9.59 Å². The van der Waals surface area contributed by atoms with Gasteiger partial charge in [0.05, 0.1) is 19.1 Å². The van der Waals surface area contributed by atoms with Crippen LogP contribution >= 0.6 is 11.3 Å². The third-order valence-corrected chi connectivity index (χ3v) is 4.06. The van der Waals surface area contributed by atoms with E-state index in [2.05, 4.69) is 4.74 Å². The van der Waals surface area contributed by atoms with E-state index in [1.807, 2.05) is 0 Å². The third-order valence-electron chi connectivity index (χ3n) is 2.89. The largest absolute Gasteiger partial charge is 0.481 e. The Bertz CT molecular complexity index is 431. The lowest BCUT2D eigenvalue weighted by Gasteiger charge is -2.08. The van der Waals surface area contributed by atoms with Crippen molar-refractivity contribution in [1.82, 2.24) is 0 Å². The van der Waals surface area contributed by atoms with Crippen LogP contribution in [0.15, 0.2) is 11.4 Å². The summed E-state index contributed by atoms with van der Waals surface area (Å²) in [5.41, 5.74) is 0.294. The first-order chi connectivity index (χ1) is 7.57. The van der Waals surface area contributed by atoms with Crippen LogP contribution in [-0.2, 0) is 14.9 Å². The minimum absolute atomic E-state index is 0.147. The SMILES string of the molecule is COC(=O)c1csc(C2(CC(=O)O)CC2)c1. The zero-order chi connectivity index (χ0) is 11.8. The van der Waals surface area contributed by atoms with Crippen molar-refractivity contribution in [3.63, 3.8) is 0 Å². The van der Waals surface area contributed by atoms with E-state index in [1.165, 1.54) is 18.4 Å².